The minimum absolute atomic E-state index is 1.07. The number of hydrogen-bond donors (Lipinski definition) is 2. The van der Waals surface area contributed by atoms with Gasteiger partial charge in [0.25, 0.3) is 0 Å². The van der Waals surface area contributed by atoms with E-state index in [4.69, 9.17) is 0 Å². The predicted molar refractivity (Wildman–Crippen MR) is 63.6 cm³/mol. The lowest BCUT2D eigenvalue weighted by molar-refractivity contribution is 1.09. The highest BCUT2D eigenvalue weighted by atomic mass is 79.9. The third-order valence-corrected chi connectivity index (χ3v) is 2.89. The molecule has 0 aliphatic carbocycles. The van der Waals surface area contributed by atoms with Crippen LogP contribution in [0.25, 0.3) is 22.2 Å². The first-order chi connectivity index (χ1) is 7.33. The molecule has 2 N–H and O–H groups in total. The Hall–Kier alpha value is -1.55. The van der Waals surface area contributed by atoms with Crippen molar-refractivity contribution >= 4 is 26.8 Å². The summed E-state index contributed by atoms with van der Waals surface area (Å²) < 4.78 is 1.09. The van der Waals surface area contributed by atoms with Crippen LogP contribution in [0.1, 0.15) is 0 Å². The summed E-state index contributed by atoms with van der Waals surface area (Å²) in [6.07, 6.45) is 3.68. The summed E-state index contributed by atoms with van der Waals surface area (Å²) in [5, 5.41) is 7.93. The van der Waals surface area contributed by atoms with Crippen LogP contribution >= 0.6 is 15.9 Å². The number of fused-ring (bicyclic) bond motifs is 1. The third kappa shape index (κ3) is 1.47. The van der Waals surface area contributed by atoms with Crippen LogP contribution in [0, 0.1) is 0 Å². The molecule has 1 aromatic carbocycles. The third-order valence-electron chi connectivity index (χ3n) is 2.39. The summed E-state index contributed by atoms with van der Waals surface area (Å²) in [5.74, 6) is 0. The van der Waals surface area contributed by atoms with Crippen molar-refractivity contribution in [3.05, 3.63) is 41.1 Å². The van der Waals surface area contributed by atoms with E-state index in [1.165, 1.54) is 5.39 Å². The smallest absolute Gasteiger partial charge is 0.0580 e. The molecule has 3 nitrogen and oxygen atoms in total. The largest absolute Gasteiger partial charge is 0.354 e. The van der Waals surface area contributed by atoms with Gasteiger partial charge in [0.05, 0.1) is 6.20 Å². The van der Waals surface area contributed by atoms with Gasteiger partial charge in [-0.1, -0.05) is 15.9 Å². The quantitative estimate of drug-likeness (QED) is 0.694. The van der Waals surface area contributed by atoms with E-state index >= 15 is 0 Å². The van der Waals surface area contributed by atoms with Crippen LogP contribution in [-0.2, 0) is 0 Å². The number of aromatic nitrogens is 3. The SMILES string of the molecule is Brc1ccc2[nH]c(-c3cn[nH]c3)cc2c1. The van der Waals surface area contributed by atoms with Crippen molar-refractivity contribution in [2.45, 2.75) is 0 Å². The molecule has 15 heavy (non-hydrogen) atoms. The summed E-state index contributed by atoms with van der Waals surface area (Å²) in [4.78, 5) is 3.34. The molecular weight excluding hydrogens is 254 g/mol. The summed E-state index contributed by atoms with van der Waals surface area (Å²) in [6, 6.07) is 8.29. The minimum atomic E-state index is 1.07. The summed E-state index contributed by atoms with van der Waals surface area (Å²) >= 11 is 3.46. The second-order valence-electron chi connectivity index (χ2n) is 3.40. The normalized spacial score (nSPS) is 11.0. The monoisotopic (exact) mass is 261 g/mol. The molecule has 0 radical (unpaired) electrons. The summed E-state index contributed by atoms with van der Waals surface area (Å²) in [5.41, 5.74) is 3.29. The van der Waals surface area contributed by atoms with Crippen LogP contribution in [0.3, 0.4) is 0 Å². The maximum atomic E-state index is 3.93. The Morgan fingerprint density at radius 3 is 2.93 bits per heavy atom. The highest BCUT2D eigenvalue weighted by Crippen LogP contribution is 2.25. The van der Waals surface area contributed by atoms with Gasteiger partial charge in [-0.25, -0.2) is 0 Å². The molecule has 0 saturated heterocycles. The Bertz CT molecular complexity index is 595. The lowest BCUT2D eigenvalue weighted by atomic mass is 10.2. The van der Waals surface area contributed by atoms with E-state index in [1.54, 1.807) is 6.20 Å². The molecule has 0 bridgehead atoms. The molecule has 2 heterocycles. The second kappa shape index (κ2) is 3.24. The van der Waals surface area contributed by atoms with E-state index in [0.29, 0.717) is 0 Å². The van der Waals surface area contributed by atoms with Crippen molar-refractivity contribution in [1.29, 1.82) is 0 Å². The Morgan fingerprint density at radius 1 is 1.20 bits per heavy atom. The predicted octanol–water partition coefficient (Wildman–Crippen LogP) is 3.32. The van der Waals surface area contributed by atoms with Gasteiger partial charge in [0.2, 0.25) is 0 Å². The maximum absolute atomic E-state index is 3.93. The average Bonchev–Trinajstić information content (AvgIpc) is 2.84. The Kier molecular flexibility index (Phi) is 1.89. The van der Waals surface area contributed by atoms with Gasteiger partial charge in [-0.05, 0) is 24.3 Å². The molecule has 3 aromatic rings. The Labute approximate surface area is 94.6 Å². The zero-order valence-corrected chi connectivity index (χ0v) is 9.38. The van der Waals surface area contributed by atoms with E-state index < -0.39 is 0 Å². The van der Waals surface area contributed by atoms with Crippen molar-refractivity contribution in [3.63, 3.8) is 0 Å². The summed E-state index contributed by atoms with van der Waals surface area (Å²) in [7, 11) is 0. The van der Waals surface area contributed by atoms with E-state index in [0.717, 1.165) is 21.2 Å². The Morgan fingerprint density at radius 2 is 2.13 bits per heavy atom. The number of H-pyrrole nitrogens is 2. The number of nitrogens with zero attached hydrogens (tertiary/aromatic N) is 1. The van der Waals surface area contributed by atoms with Crippen LogP contribution < -0.4 is 0 Å². The molecule has 0 atom stereocenters. The summed E-state index contributed by atoms with van der Waals surface area (Å²) in [6.45, 7) is 0. The number of nitrogens with one attached hydrogen (secondary N) is 2. The number of hydrogen-bond acceptors (Lipinski definition) is 1. The molecule has 0 spiro atoms. The highest BCUT2D eigenvalue weighted by molar-refractivity contribution is 9.10. The van der Waals surface area contributed by atoms with E-state index in [9.17, 15) is 0 Å². The first kappa shape index (κ1) is 8.73. The number of benzene rings is 1. The van der Waals surface area contributed by atoms with Gasteiger partial charge in [0.1, 0.15) is 0 Å². The number of rotatable bonds is 1. The standard InChI is InChI=1S/C11H8BrN3/c12-9-1-2-10-7(3-9)4-11(15-10)8-5-13-14-6-8/h1-6,15H,(H,13,14). The molecule has 3 rings (SSSR count). The lowest BCUT2D eigenvalue weighted by Gasteiger charge is -1.89. The lowest BCUT2D eigenvalue weighted by Crippen LogP contribution is -1.70. The fourth-order valence-electron chi connectivity index (χ4n) is 1.66. The molecule has 0 aliphatic rings. The molecule has 0 aliphatic heterocycles. The Balaban J connectivity index is 2.22. The van der Waals surface area contributed by atoms with Gasteiger partial charge in [-0.15, -0.1) is 0 Å². The van der Waals surface area contributed by atoms with Crippen molar-refractivity contribution in [3.8, 4) is 11.3 Å². The van der Waals surface area contributed by atoms with Crippen molar-refractivity contribution < 1.29 is 0 Å². The fourth-order valence-corrected chi connectivity index (χ4v) is 2.04. The van der Waals surface area contributed by atoms with Crippen molar-refractivity contribution in [2.24, 2.45) is 0 Å². The van der Waals surface area contributed by atoms with Crippen molar-refractivity contribution in [2.75, 3.05) is 0 Å². The van der Waals surface area contributed by atoms with Gasteiger partial charge in [-0.3, -0.25) is 5.10 Å². The fraction of sp³-hybridized carbons (Fsp3) is 0. The zero-order valence-electron chi connectivity index (χ0n) is 7.79. The van der Waals surface area contributed by atoms with Gasteiger partial charge in [0, 0.05) is 32.8 Å². The van der Waals surface area contributed by atoms with Crippen LogP contribution in [-0.4, -0.2) is 15.2 Å². The molecular formula is C11H8BrN3. The van der Waals surface area contributed by atoms with Gasteiger partial charge in [-0.2, -0.15) is 5.10 Å². The average molecular weight is 262 g/mol. The molecule has 0 amide bonds. The van der Waals surface area contributed by atoms with Crippen LogP contribution in [0.15, 0.2) is 41.1 Å². The minimum Gasteiger partial charge on any atom is -0.354 e. The van der Waals surface area contributed by atoms with Crippen LogP contribution in [0.4, 0.5) is 0 Å². The number of aromatic amines is 2. The second-order valence-corrected chi connectivity index (χ2v) is 4.32. The van der Waals surface area contributed by atoms with Crippen molar-refractivity contribution in [1.82, 2.24) is 15.2 Å². The van der Waals surface area contributed by atoms with Gasteiger partial charge >= 0.3 is 0 Å². The zero-order chi connectivity index (χ0) is 10.3. The van der Waals surface area contributed by atoms with Gasteiger partial charge < -0.3 is 4.98 Å². The molecule has 0 unspecified atom stereocenters. The van der Waals surface area contributed by atoms with E-state index in [1.807, 2.05) is 12.3 Å². The molecule has 0 fully saturated rings. The maximum Gasteiger partial charge on any atom is 0.0580 e. The highest BCUT2D eigenvalue weighted by Gasteiger charge is 2.03. The topological polar surface area (TPSA) is 44.5 Å². The van der Waals surface area contributed by atoms with Crippen LogP contribution in [0.5, 0.6) is 0 Å². The molecule has 0 saturated carbocycles. The molecule has 74 valence electrons. The van der Waals surface area contributed by atoms with Crippen LogP contribution in [0.2, 0.25) is 0 Å². The first-order valence-electron chi connectivity index (χ1n) is 4.60. The number of halogens is 1. The van der Waals surface area contributed by atoms with Gasteiger partial charge in [0.15, 0.2) is 0 Å². The molecule has 4 heteroatoms. The first-order valence-corrected chi connectivity index (χ1v) is 5.40. The van der Waals surface area contributed by atoms with E-state index in [2.05, 4.69) is 49.3 Å². The van der Waals surface area contributed by atoms with E-state index in [-0.39, 0.29) is 0 Å². The molecule has 2 aromatic heterocycles.